The maximum Gasteiger partial charge on any atom is 0.253 e. The lowest BCUT2D eigenvalue weighted by atomic mass is 10.1. The van der Waals surface area contributed by atoms with E-state index in [1.165, 1.54) is 16.8 Å². The molecular formula is C17H17N3O3S2. The first-order valence-corrected chi connectivity index (χ1v) is 9.97. The molecule has 0 aromatic carbocycles. The number of carbonyl (C=O) groups is 1. The number of hydrogen-bond donors (Lipinski definition) is 0. The van der Waals surface area contributed by atoms with Crippen molar-refractivity contribution in [2.45, 2.75) is 19.4 Å². The maximum absolute atomic E-state index is 12.8. The van der Waals surface area contributed by atoms with Crippen molar-refractivity contribution in [3.8, 4) is 0 Å². The molecule has 1 unspecified atom stereocenters. The Kier molecular flexibility index (Phi) is 4.72. The van der Waals surface area contributed by atoms with E-state index >= 15 is 0 Å². The molecule has 4 heterocycles. The van der Waals surface area contributed by atoms with Crippen LogP contribution in [0.2, 0.25) is 0 Å². The van der Waals surface area contributed by atoms with Crippen LogP contribution in [-0.4, -0.2) is 39.1 Å². The molecule has 130 valence electrons. The molecular weight excluding hydrogens is 358 g/mol. The molecule has 0 saturated heterocycles. The molecule has 0 fully saturated rings. The summed E-state index contributed by atoms with van der Waals surface area (Å²) in [6, 6.07) is 7.25. The quantitative estimate of drug-likeness (QED) is 0.815. The summed E-state index contributed by atoms with van der Waals surface area (Å²) in [5.74, 6) is 3.51. The number of thioether (sulfide) groups is 2. The average molecular weight is 375 g/mol. The van der Waals surface area contributed by atoms with E-state index in [1.54, 1.807) is 18.0 Å². The van der Waals surface area contributed by atoms with Crippen LogP contribution in [0.15, 0.2) is 49.5 Å². The number of nitrogens with zero attached hydrogens (tertiary/aromatic N) is 3. The minimum absolute atomic E-state index is 0.0557. The lowest BCUT2D eigenvalue weighted by Gasteiger charge is -2.19. The Hall–Kier alpha value is -1.93. The Labute approximate surface area is 153 Å². The third-order valence-corrected chi connectivity index (χ3v) is 6.18. The number of aryl methyl sites for hydroxylation is 1. The first-order chi connectivity index (χ1) is 12.2. The number of rotatable bonds is 4. The molecule has 8 heteroatoms. The minimum Gasteiger partial charge on any atom is -0.467 e. The van der Waals surface area contributed by atoms with Gasteiger partial charge in [0.05, 0.1) is 18.6 Å². The molecule has 0 aliphatic carbocycles. The van der Waals surface area contributed by atoms with Gasteiger partial charge in [-0.1, -0.05) is 23.5 Å². The van der Waals surface area contributed by atoms with E-state index < -0.39 is 0 Å². The van der Waals surface area contributed by atoms with Crippen molar-refractivity contribution in [2.75, 3.05) is 18.1 Å². The molecule has 1 atom stereocenters. The van der Waals surface area contributed by atoms with Gasteiger partial charge in [0.1, 0.15) is 33.4 Å². The van der Waals surface area contributed by atoms with Crippen molar-refractivity contribution in [3.63, 3.8) is 0 Å². The summed E-state index contributed by atoms with van der Waals surface area (Å²) in [5, 5.41) is 6.07. The molecule has 0 saturated carbocycles. The molecule has 0 bridgehead atoms. The summed E-state index contributed by atoms with van der Waals surface area (Å²) in [5.41, 5.74) is 0.764. The highest BCUT2D eigenvalue weighted by molar-refractivity contribution is 8.39. The topological polar surface area (TPSA) is 71.3 Å². The first-order valence-electron chi connectivity index (χ1n) is 8.00. The SMILES string of the molecule is Cc1ccc(C2=NN(C(=O)CSC3=NCCS3)C(c3ccco3)C2)o1. The van der Waals surface area contributed by atoms with Crippen LogP contribution in [0, 0.1) is 6.92 Å². The summed E-state index contributed by atoms with van der Waals surface area (Å²) < 4.78 is 12.2. The highest BCUT2D eigenvalue weighted by Gasteiger charge is 2.35. The van der Waals surface area contributed by atoms with E-state index in [-0.39, 0.29) is 11.9 Å². The Morgan fingerprint density at radius 3 is 3.04 bits per heavy atom. The highest BCUT2D eigenvalue weighted by Crippen LogP contribution is 2.34. The maximum atomic E-state index is 12.8. The van der Waals surface area contributed by atoms with Crippen molar-refractivity contribution >= 4 is 39.5 Å². The number of aliphatic imine (C=N–C) groups is 1. The fourth-order valence-corrected chi connectivity index (χ4v) is 4.64. The van der Waals surface area contributed by atoms with Crippen molar-refractivity contribution in [2.24, 2.45) is 10.1 Å². The number of carbonyl (C=O) groups excluding carboxylic acids is 1. The predicted molar refractivity (Wildman–Crippen MR) is 100 cm³/mol. The summed E-state index contributed by atoms with van der Waals surface area (Å²) >= 11 is 3.18. The van der Waals surface area contributed by atoms with E-state index in [9.17, 15) is 4.79 Å². The van der Waals surface area contributed by atoms with Crippen LogP contribution in [0.4, 0.5) is 0 Å². The van der Waals surface area contributed by atoms with Crippen LogP contribution >= 0.6 is 23.5 Å². The van der Waals surface area contributed by atoms with Crippen LogP contribution in [0.1, 0.15) is 29.7 Å². The fourth-order valence-electron chi connectivity index (χ4n) is 2.77. The van der Waals surface area contributed by atoms with E-state index in [0.29, 0.717) is 17.9 Å². The van der Waals surface area contributed by atoms with Gasteiger partial charge >= 0.3 is 0 Å². The number of hydrogen-bond acceptors (Lipinski definition) is 7. The van der Waals surface area contributed by atoms with Crippen LogP contribution in [0.5, 0.6) is 0 Å². The van der Waals surface area contributed by atoms with Gasteiger partial charge in [0.2, 0.25) is 0 Å². The second-order valence-corrected chi connectivity index (χ2v) is 8.02. The number of furan rings is 2. The predicted octanol–water partition coefficient (Wildman–Crippen LogP) is 3.69. The van der Waals surface area contributed by atoms with Crippen molar-refractivity contribution in [1.82, 2.24) is 5.01 Å². The zero-order valence-electron chi connectivity index (χ0n) is 13.7. The van der Waals surface area contributed by atoms with E-state index in [2.05, 4.69) is 10.1 Å². The second kappa shape index (κ2) is 7.13. The van der Waals surface area contributed by atoms with Crippen molar-refractivity contribution in [1.29, 1.82) is 0 Å². The Morgan fingerprint density at radius 2 is 2.36 bits per heavy atom. The molecule has 0 radical (unpaired) electrons. The smallest absolute Gasteiger partial charge is 0.253 e. The van der Waals surface area contributed by atoms with Gasteiger partial charge in [-0.25, -0.2) is 5.01 Å². The molecule has 2 aliphatic heterocycles. The molecule has 1 amide bonds. The highest BCUT2D eigenvalue weighted by atomic mass is 32.2. The van der Waals surface area contributed by atoms with E-state index in [4.69, 9.17) is 8.83 Å². The van der Waals surface area contributed by atoms with Gasteiger partial charge in [0.15, 0.2) is 0 Å². The Morgan fingerprint density at radius 1 is 1.44 bits per heavy atom. The molecule has 4 rings (SSSR count). The van der Waals surface area contributed by atoms with Gasteiger partial charge in [0, 0.05) is 12.2 Å². The third kappa shape index (κ3) is 3.55. The molecule has 2 aromatic heterocycles. The Bertz CT molecular complexity index is 826. The van der Waals surface area contributed by atoms with Crippen LogP contribution in [0.3, 0.4) is 0 Å². The summed E-state index contributed by atoms with van der Waals surface area (Å²) in [7, 11) is 0. The first kappa shape index (κ1) is 16.5. The largest absolute Gasteiger partial charge is 0.467 e. The molecule has 25 heavy (non-hydrogen) atoms. The van der Waals surface area contributed by atoms with Crippen LogP contribution in [0.25, 0.3) is 0 Å². The van der Waals surface area contributed by atoms with Crippen LogP contribution < -0.4 is 0 Å². The molecule has 2 aromatic rings. The second-order valence-electron chi connectivity index (χ2n) is 5.72. The lowest BCUT2D eigenvalue weighted by molar-refractivity contribution is -0.130. The molecule has 0 spiro atoms. The van der Waals surface area contributed by atoms with Crippen LogP contribution in [-0.2, 0) is 4.79 Å². The van der Waals surface area contributed by atoms with Gasteiger partial charge in [-0.3, -0.25) is 9.79 Å². The van der Waals surface area contributed by atoms with Gasteiger partial charge in [-0.2, -0.15) is 5.10 Å². The zero-order valence-corrected chi connectivity index (χ0v) is 15.3. The van der Waals surface area contributed by atoms with Gasteiger partial charge in [0.25, 0.3) is 5.91 Å². The normalized spacial score (nSPS) is 20.0. The van der Waals surface area contributed by atoms with Crippen molar-refractivity contribution in [3.05, 3.63) is 47.8 Å². The van der Waals surface area contributed by atoms with E-state index in [1.807, 2.05) is 31.2 Å². The third-order valence-electron chi connectivity index (χ3n) is 3.94. The fraction of sp³-hybridized carbons (Fsp3) is 0.353. The lowest BCUT2D eigenvalue weighted by Crippen LogP contribution is -2.28. The summed E-state index contributed by atoms with van der Waals surface area (Å²) in [6.45, 7) is 2.72. The van der Waals surface area contributed by atoms with Crippen molar-refractivity contribution < 1.29 is 13.6 Å². The molecule has 2 aliphatic rings. The molecule has 0 N–H and O–H groups in total. The van der Waals surface area contributed by atoms with E-state index in [0.717, 1.165) is 33.9 Å². The summed E-state index contributed by atoms with van der Waals surface area (Å²) in [6.07, 6.45) is 2.19. The monoisotopic (exact) mass is 375 g/mol. The standard InChI is InChI=1S/C17H17N3O3S2/c1-11-4-5-14(23-11)12-9-13(15-3-2-7-22-15)20(19-12)16(21)10-25-17-18-6-8-24-17/h2-5,7,13H,6,8-10H2,1H3. The van der Waals surface area contributed by atoms with Gasteiger partial charge < -0.3 is 8.83 Å². The number of hydrazone groups is 1. The summed E-state index contributed by atoms with van der Waals surface area (Å²) in [4.78, 5) is 17.1. The number of amides is 1. The van der Waals surface area contributed by atoms with Gasteiger partial charge in [-0.15, -0.1) is 0 Å². The van der Waals surface area contributed by atoms with Gasteiger partial charge in [-0.05, 0) is 31.2 Å². The zero-order chi connectivity index (χ0) is 17.2. The average Bonchev–Trinajstić information content (AvgIpc) is 3.38. The minimum atomic E-state index is -0.235. The Balaban J connectivity index is 1.54. The molecule has 6 nitrogen and oxygen atoms in total.